The van der Waals surface area contributed by atoms with E-state index in [1.54, 1.807) is 12.0 Å². The fraction of sp³-hybridized carbons (Fsp3) is 0.407. The van der Waals surface area contributed by atoms with Gasteiger partial charge in [-0.3, -0.25) is 14.5 Å². The van der Waals surface area contributed by atoms with Gasteiger partial charge in [-0.05, 0) is 61.2 Å². The molecule has 0 aliphatic carbocycles. The lowest BCUT2D eigenvalue weighted by Gasteiger charge is -2.29. The van der Waals surface area contributed by atoms with Gasteiger partial charge in [0.25, 0.3) is 5.91 Å². The second-order valence-electron chi connectivity index (χ2n) is 9.09. The smallest absolute Gasteiger partial charge is 0.290 e. The molecule has 1 fully saturated rings. The van der Waals surface area contributed by atoms with Crippen molar-refractivity contribution in [2.45, 2.75) is 26.3 Å². The summed E-state index contributed by atoms with van der Waals surface area (Å²) in [5, 5.41) is 0.512. The van der Waals surface area contributed by atoms with Crippen LogP contribution in [-0.4, -0.2) is 62.2 Å². The average molecular weight is 463 g/mol. The van der Waals surface area contributed by atoms with Crippen LogP contribution in [0.15, 0.2) is 45.6 Å². The molecule has 0 spiro atoms. The van der Waals surface area contributed by atoms with E-state index in [0.717, 1.165) is 56.0 Å². The third-order valence-corrected chi connectivity index (χ3v) is 6.97. The summed E-state index contributed by atoms with van der Waals surface area (Å²) in [4.78, 5) is 31.5. The van der Waals surface area contributed by atoms with Crippen LogP contribution in [0.5, 0.6) is 5.75 Å². The van der Waals surface area contributed by atoms with Crippen molar-refractivity contribution in [3.05, 3.63) is 74.6 Å². The fourth-order valence-electron chi connectivity index (χ4n) is 4.95. The summed E-state index contributed by atoms with van der Waals surface area (Å²) < 4.78 is 17.0. The molecule has 1 saturated heterocycles. The van der Waals surface area contributed by atoms with Crippen molar-refractivity contribution in [1.29, 1.82) is 0 Å². The summed E-state index contributed by atoms with van der Waals surface area (Å²) in [7, 11) is 1.61. The highest BCUT2D eigenvalue weighted by molar-refractivity contribution is 5.99. The molecular formula is C27H30N2O5. The number of hydrogen-bond donors (Lipinski definition) is 0. The van der Waals surface area contributed by atoms with E-state index in [0.29, 0.717) is 28.8 Å². The van der Waals surface area contributed by atoms with Crippen LogP contribution in [-0.2, 0) is 4.74 Å². The molecular weight excluding hydrogens is 432 g/mol. The van der Waals surface area contributed by atoms with E-state index in [1.807, 2.05) is 50.2 Å². The lowest BCUT2D eigenvalue weighted by molar-refractivity contribution is 0.0353. The van der Waals surface area contributed by atoms with Crippen LogP contribution >= 0.6 is 0 Å². The number of rotatable bonds is 6. The lowest BCUT2D eigenvalue weighted by Crippen LogP contribution is -2.38. The molecule has 0 radical (unpaired) electrons. The number of morpholine rings is 1. The highest BCUT2D eigenvalue weighted by Gasteiger charge is 2.42. The standard InChI is InChI=1S/C27H30N2O5/c1-17-14-21-22(15-18(17)2)34-26-23(25(21)30)24(19-6-4-7-20(16-19)32-3)29(27(26)31)9-5-8-28-10-12-33-13-11-28/h4,6-7,14-16,24H,5,8-13H2,1-3H3/t24-/m1/s1. The molecule has 1 atom stereocenters. The third-order valence-electron chi connectivity index (χ3n) is 6.97. The van der Waals surface area contributed by atoms with Crippen molar-refractivity contribution < 1.29 is 18.7 Å². The van der Waals surface area contributed by atoms with Gasteiger partial charge in [-0.2, -0.15) is 0 Å². The normalized spacial score (nSPS) is 18.5. The Morgan fingerprint density at radius 2 is 1.79 bits per heavy atom. The van der Waals surface area contributed by atoms with Gasteiger partial charge in [0.15, 0.2) is 5.43 Å². The molecule has 0 bridgehead atoms. The summed E-state index contributed by atoms with van der Waals surface area (Å²) in [6, 6.07) is 10.8. The maximum atomic E-state index is 13.7. The fourth-order valence-corrected chi connectivity index (χ4v) is 4.95. The molecule has 7 heteroatoms. The van der Waals surface area contributed by atoms with Gasteiger partial charge >= 0.3 is 0 Å². The van der Waals surface area contributed by atoms with Crippen molar-refractivity contribution in [3.63, 3.8) is 0 Å². The van der Waals surface area contributed by atoms with Crippen LogP contribution in [0.1, 0.15) is 45.3 Å². The number of amides is 1. The van der Waals surface area contributed by atoms with E-state index in [-0.39, 0.29) is 17.1 Å². The molecule has 0 unspecified atom stereocenters. The maximum absolute atomic E-state index is 13.7. The van der Waals surface area contributed by atoms with E-state index < -0.39 is 6.04 Å². The van der Waals surface area contributed by atoms with Crippen LogP contribution in [0.4, 0.5) is 0 Å². The van der Waals surface area contributed by atoms with Gasteiger partial charge in [-0.25, -0.2) is 0 Å². The number of ether oxygens (including phenoxy) is 2. The van der Waals surface area contributed by atoms with E-state index in [2.05, 4.69) is 4.90 Å². The largest absolute Gasteiger partial charge is 0.497 e. The molecule has 2 aliphatic heterocycles. The zero-order valence-electron chi connectivity index (χ0n) is 19.9. The van der Waals surface area contributed by atoms with Gasteiger partial charge in [0.05, 0.1) is 37.3 Å². The van der Waals surface area contributed by atoms with Gasteiger partial charge in [0.2, 0.25) is 5.76 Å². The van der Waals surface area contributed by atoms with Gasteiger partial charge in [0.1, 0.15) is 11.3 Å². The Morgan fingerprint density at radius 1 is 1.03 bits per heavy atom. The quantitative estimate of drug-likeness (QED) is 0.557. The predicted molar refractivity (Wildman–Crippen MR) is 130 cm³/mol. The average Bonchev–Trinajstić information content (AvgIpc) is 3.13. The van der Waals surface area contributed by atoms with Crippen LogP contribution in [0.25, 0.3) is 11.0 Å². The van der Waals surface area contributed by atoms with E-state index >= 15 is 0 Å². The van der Waals surface area contributed by atoms with E-state index in [4.69, 9.17) is 13.9 Å². The molecule has 0 N–H and O–H groups in total. The Labute approximate surface area is 198 Å². The van der Waals surface area contributed by atoms with Crippen LogP contribution < -0.4 is 10.2 Å². The number of methoxy groups -OCH3 is 1. The molecule has 3 aromatic rings. The first-order valence-corrected chi connectivity index (χ1v) is 11.8. The highest BCUT2D eigenvalue weighted by Crippen LogP contribution is 2.39. The van der Waals surface area contributed by atoms with Gasteiger partial charge in [-0.15, -0.1) is 0 Å². The molecule has 5 rings (SSSR count). The number of fused-ring (bicyclic) bond motifs is 2. The highest BCUT2D eigenvalue weighted by atomic mass is 16.5. The summed E-state index contributed by atoms with van der Waals surface area (Å²) in [5.41, 5.74) is 3.61. The number of aryl methyl sites for hydroxylation is 2. The summed E-state index contributed by atoms with van der Waals surface area (Å²) in [6.07, 6.45) is 0.798. The molecule has 2 aliphatic rings. The van der Waals surface area contributed by atoms with Crippen molar-refractivity contribution in [1.82, 2.24) is 9.80 Å². The minimum absolute atomic E-state index is 0.142. The molecule has 3 heterocycles. The molecule has 7 nitrogen and oxygen atoms in total. The topological polar surface area (TPSA) is 72.2 Å². The second-order valence-corrected chi connectivity index (χ2v) is 9.09. The SMILES string of the molecule is COc1cccc([C@@H]2c3c(oc4cc(C)c(C)cc4c3=O)C(=O)N2CCCN2CCOCC2)c1. The molecule has 2 aromatic carbocycles. The number of benzene rings is 2. The van der Waals surface area contributed by atoms with Crippen molar-refractivity contribution in [2.24, 2.45) is 0 Å². The Hall–Kier alpha value is -3.16. The first-order chi connectivity index (χ1) is 16.5. The van der Waals surface area contributed by atoms with Gasteiger partial charge in [0, 0.05) is 26.2 Å². The first kappa shape index (κ1) is 22.6. The van der Waals surface area contributed by atoms with Gasteiger partial charge < -0.3 is 18.8 Å². The number of nitrogens with zero attached hydrogens (tertiary/aromatic N) is 2. The zero-order chi connectivity index (χ0) is 23.8. The summed E-state index contributed by atoms with van der Waals surface area (Å²) in [5.74, 6) is 0.602. The number of carbonyl (C=O) groups is 1. The Kier molecular flexibility index (Phi) is 6.15. The van der Waals surface area contributed by atoms with Crippen molar-refractivity contribution in [3.8, 4) is 5.75 Å². The van der Waals surface area contributed by atoms with Crippen molar-refractivity contribution in [2.75, 3.05) is 46.5 Å². The predicted octanol–water partition coefficient (Wildman–Crippen LogP) is 3.69. The molecule has 178 valence electrons. The van der Waals surface area contributed by atoms with Crippen molar-refractivity contribution >= 4 is 16.9 Å². The van der Waals surface area contributed by atoms with E-state index in [1.165, 1.54) is 0 Å². The second kappa shape index (κ2) is 9.24. The zero-order valence-corrected chi connectivity index (χ0v) is 19.9. The van der Waals surface area contributed by atoms with Crippen LogP contribution in [0, 0.1) is 13.8 Å². The summed E-state index contributed by atoms with van der Waals surface area (Å²) in [6.45, 7) is 8.63. The number of carbonyl (C=O) groups excluding carboxylic acids is 1. The first-order valence-electron chi connectivity index (χ1n) is 11.8. The lowest BCUT2D eigenvalue weighted by atomic mass is 9.97. The minimum Gasteiger partial charge on any atom is -0.497 e. The Balaban J connectivity index is 1.57. The van der Waals surface area contributed by atoms with Crippen LogP contribution in [0.2, 0.25) is 0 Å². The number of hydrogen-bond acceptors (Lipinski definition) is 6. The molecule has 1 aromatic heterocycles. The Bertz CT molecular complexity index is 1290. The third kappa shape index (κ3) is 3.99. The Morgan fingerprint density at radius 3 is 2.56 bits per heavy atom. The summed E-state index contributed by atoms with van der Waals surface area (Å²) >= 11 is 0. The molecule has 0 saturated carbocycles. The maximum Gasteiger partial charge on any atom is 0.290 e. The monoisotopic (exact) mass is 462 g/mol. The van der Waals surface area contributed by atoms with Crippen LogP contribution in [0.3, 0.4) is 0 Å². The minimum atomic E-state index is -0.510. The van der Waals surface area contributed by atoms with E-state index in [9.17, 15) is 9.59 Å². The molecule has 1 amide bonds. The molecule has 34 heavy (non-hydrogen) atoms. The van der Waals surface area contributed by atoms with Gasteiger partial charge in [-0.1, -0.05) is 12.1 Å².